The van der Waals surface area contributed by atoms with E-state index in [-0.39, 0.29) is 17.4 Å². The molecule has 0 bridgehead atoms. The van der Waals surface area contributed by atoms with E-state index in [2.05, 4.69) is 19.2 Å². The molecule has 1 aromatic rings. The lowest BCUT2D eigenvalue weighted by molar-refractivity contribution is 0.0853. The van der Waals surface area contributed by atoms with Gasteiger partial charge in [0.2, 0.25) is 0 Å². The molecule has 0 aliphatic heterocycles. The molecule has 1 aliphatic carbocycles. The molecule has 20 heavy (non-hydrogen) atoms. The summed E-state index contributed by atoms with van der Waals surface area (Å²) in [5, 5.41) is 3.22. The van der Waals surface area contributed by atoms with Crippen molar-refractivity contribution in [2.45, 2.75) is 52.0 Å². The molecule has 0 heterocycles. The predicted octanol–water partition coefficient (Wildman–Crippen LogP) is 2.89. The zero-order valence-corrected chi connectivity index (χ0v) is 12.6. The first-order chi connectivity index (χ1) is 9.53. The van der Waals surface area contributed by atoms with E-state index >= 15 is 0 Å². The highest BCUT2D eigenvalue weighted by Crippen LogP contribution is 2.35. The van der Waals surface area contributed by atoms with E-state index in [1.807, 2.05) is 24.3 Å². The molecule has 2 rings (SSSR count). The number of hydrogen-bond acceptors (Lipinski definition) is 2. The summed E-state index contributed by atoms with van der Waals surface area (Å²) in [6.07, 6.45) is 5.56. The van der Waals surface area contributed by atoms with Crippen molar-refractivity contribution < 1.29 is 4.79 Å². The summed E-state index contributed by atoms with van der Waals surface area (Å²) in [4.78, 5) is 12.4. The predicted molar refractivity (Wildman–Crippen MR) is 82.7 cm³/mol. The first-order valence-electron chi connectivity index (χ1n) is 7.63. The maximum atomic E-state index is 12.4. The highest BCUT2D eigenvalue weighted by molar-refractivity contribution is 5.94. The third-order valence-electron chi connectivity index (χ3n) is 4.43. The SMILES string of the molecule is CC1(C)CCCCC1NC(=O)c1cccc(CCN)c1. The van der Waals surface area contributed by atoms with E-state index in [1.165, 1.54) is 19.3 Å². The fraction of sp³-hybridized carbons (Fsp3) is 0.588. The summed E-state index contributed by atoms with van der Waals surface area (Å²) in [6, 6.07) is 8.07. The van der Waals surface area contributed by atoms with Crippen LogP contribution in [-0.4, -0.2) is 18.5 Å². The molecule has 1 atom stereocenters. The van der Waals surface area contributed by atoms with Gasteiger partial charge in [-0.2, -0.15) is 0 Å². The molecule has 3 N–H and O–H groups in total. The van der Waals surface area contributed by atoms with Crippen LogP contribution in [-0.2, 0) is 6.42 Å². The maximum absolute atomic E-state index is 12.4. The second-order valence-corrected chi connectivity index (χ2v) is 6.50. The van der Waals surface area contributed by atoms with Gasteiger partial charge < -0.3 is 11.1 Å². The monoisotopic (exact) mass is 274 g/mol. The van der Waals surface area contributed by atoms with Gasteiger partial charge in [-0.3, -0.25) is 4.79 Å². The van der Waals surface area contributed by atoms with Gasteiger partial charge in [-0.25, -0.2) is 0 Å². The number of carbonyl (C=O) groups excluding carboxylic acids is 1. The van der Waals surface area contributed by atoms with E-state index in [0.717, 1.165) is 24.0 Å². The average molecular weight is 274 g/mol. The largest absolute Gasteiger partial charge is 0.349 e. The molecule has 1 unspecified atom stereocenters. The molecule has 1 fully saturated rings. The van der Waals surface area contributed by atoms with E-state index < -0.39 is 0 Å². The summed E-state index contributed by atoms with van der Waals surface area (Å²) in [5.74, 6) is 0.0452. The number of rotatable bonds is 4. The minimum atomic E-state index is 0.0452. The van der Waals surface area contributed by atoms with Gasteiger partial charge in [0, 0.05) is 11.6 Å². The summed E-state index contributed by atoms with van der Waals surface area (Å²) < 4.78 is 0. The third-order valence-corrected chi connectivity index (χ3v) is 4.43. The first kappa shape index (κ1) is 15.0. The molecule has 0 radical (unpaired) electrons. The van der Waals surface area contributed by atoms with E-state index in [4.69, 9.17) is 5.73 Å². The van der Waals surface area contributed by atoms with Crippen molar-refractivity contribution in [3.05, 3.63) is 35.4 Å². The molecule has 1 aromatic carbocycles. The second-order valence-electron chi connectivity index (χ2n) is 6.50. The van der Waals surface area contributed by atoms with Crippen LogP contribution in [0.15, 0.2) is 24.3 Å². The van der Waals surface area contributed by atoms with Crippen LogP contribution in [0.25, 0.3) is 0 Å². The molecule has 3 heteroatoms. The van der Waals surface area contributed by atoms with E-state index in [9.17, 15) is 4.79 Å². The number of nitrogens with one attached hydrogen (secondary N) is 1. The van der Waals surface area contributed by atoms with Crippen LogP contribution in [0, 0.1) is 5.41 Å². The normalized spacial score (nSPS) is 21.4. The van der Waals surface area contributed by atoms with Crippen LogP contribution in [0.4, 0.5) is 0 Å². The molecular formula is C17H26N2O. The van der Waals surface area contributed by atoms with Crippen molar-refractivity contribution in [3.8, 4) is 0 Å². The minimum Gasteiger partial charge on any atom is -0.349 e. The Kier molecular flexibility index (Phi) is 4.81. The summed E-state index contributed by atoms with van der Waals surface area (Å²) in [7, 11) is 0. The lowest BCUT2D eigenvalue weighted by Gasteiger charge is -2.39. The quantitative estimate of drug-likeness (QED) is 0.887. The van der Waals surface area contributed by atoms with Crippen LogP contribution in [0.3, 0.4) is 0 Å². The zero-order chi connectivity index (χ0) is 14.6. The maximum Gasteiger partial charge on any atom is 0.251 e. The molecule has 0 spiro atoms. The Morgan fingerprint density at radius 3 is 2.90 bits per heavy atom. The lowest BCUT2D eigenvalue weighted by Crippen LogP contribution is -2.46. The minimum absolute atomic E-state index is 0.0452. The van der Waals surface area contributed by atoms with Crippen LogP contribution in [0.1, 0.15) is 55.5 Å². The lowest BCUT2D eigenvalue weighted by atomic mass is 9.73. The Bertz CT molecular complexity index is 468. The van der Waals surface area contributed by atoms with Crippen molar-refractivity contribution in [2.24, 2.45) is 11.1 Å². The zero-order valence-electron chi connectivity index (χ0n) is 12.6. The number of amides is 1. The Labute approximate surface area is 121 Å². The summed E-state index contributed by atoms with van der Waals surface area (Å²) >= 11 is 0. The summed E-state index contributed by atoms with van der Waals surface area (Å²) in [6.45, 7) is 5.12. The van der Waals surface area contributed by atoms with Crippen molar-refractivity contribution in [3.63, 3.8) is 0 Å². The van der Waals surface area contributed by atoms with Crippen LogP contribution in [0.2, 0.25) is 0 Å². The van der Waals surface area contributed by atoms with Gasteiger partial charge in [0.15, 0.2) is 0 Å². The molecule has 1 amide bonds. The van der Waals surface area contributed by atoms with Crippen LogP contribution >= 0.6 is 0 Å². The second kappa shape index (κ2) is 6.40. The highest BCUT2D eigenvalue weighted by atomic mass is 16.1. The topological polar surface area (TPSA) is 55.1 Å². The molecule has 0 aromatic heterocycles. The van der Waals surface area contributed by atoms with Gasteiger partial charge in [-0.15, -0.1) is 0 Å². The van der Waals surface area contributed by atoms with Gasteiger partial charge in [0.05, 0.1) is 0 Å². The van der Waals surface area contributed by atoms with Crippen LogP contribution < -0.4 is 11.1 Å². The fourth-order valence-corrected chi connectivity index (χ4v) is 3.04. The van der Waals surface area contributed by atoms with Gasteiger partial charge in [-0.1, -0.05) is 38.8 Å². The van der Waals surface area contributed by atoms with Gasteiger partial charge in [0.1, 0.15) is 0 Å². The fourth-order valence-electron chi connectivity index (χ4n) is 3.04. The molecule has 1 aliphatic rings. The Balaban J connectivity index is 2.05. The van der Waals surface area contributed by atoms with Gasteiger partial charge in [-0.05, 0) is 48.9 Å². The average Bonchev–Trinajstić information content (AvgIpc) is 2.42. The Morgan fingerprint density at radius 1 is 1.40 bits per heavy atom. The van der Waals surface area contributed by atoms with E-state index in [1.54, 1.807) is 0 Å². The number of carbonyl (C=O) groups is 1. The van der Waals surface area contributed by atoms with Gasteiger partial charge in [0.25, 0.3) is 5.91 Å². The van der Waals surface area contributed by atoms with Crippen molar-refractivity contribution >= 4 is 5.91 Å². The highest BCUT2D eigenvalue weighted by Gasteiger charge is 2.33. The van der Waals surface area contributed by atoms with E-state index in [0.29, 0.717) is 6.54 Å². The number of nitrogens with two attached hydrogens (primary N) is 1. The van der Waals surface area contributed by atoms with Crippen molar-refractivity contribution in [1.29, 1.82) is 0 Å². The molecule has 1 saturated carbocycles. The molecule has 110 valence electrons. The van der Waals surface area contributed by atoms with Crippen molar-refractivity contribution in [2.75, 3.05) is 6.54 Å². The number of hydrogen-bond donors (Lipinski definition) is 2. The first-order valence-corrected chi connectivity index (χ1v) is 7.63. The molecule has 3 nitrogen and oxygen atoms in total. The smallest absolute Gasteiger partial charge is 0.251 e. The summed E-state index contributed by atoms with van der Waals surface area (Å²) in [5.41, 5.74) is 7.64. The molecule has 0 saturated heterocycles. The van der Waals surface area contributed by atoms with Crippen molar-refractivity contribution in [1.82, 2.24) is 5.32 Å². The van der Waals surface area contributed by atoms with Gasteiger partial charge >= 0.3 is 0 Å². The third kappa shape index (κ3) is 3.60. The Morgan fingerprint density at radius 2 is 2.20 bits per heavy atom. The molecular weight excluding hydrogens is 248 g/mol. The van der Waals surface area contributed by atoms with Crippen LogP contribution in [0.5, 0.6) is 0 Å². The standard InChI is InChI=1S/C17H26N2O/c1-17(2)10-4-3-8-15(17)19-16(20)14-7-5-6-13(12-14)9-11-18/h5-7,12,15H,3-4,8-11,18H2,1-2H3,(H,19,20). The Hall–Kier alpha value is -1.35. The number of benzene rings is 1.